The second kappa shape index (κ2) is 4.65. The van der Waals surface area contributed by atoms with Gasteiger partial charge in [0.15, 0.2) is 0 Å². The van der Waals surface area contributed by atoms with Crippen molar-refractivity contribution in [1.82, 2.24) is 10.5 Å². The SMILES string of the molecule is Cl.O=C(NO)c1ccncc1. The van der Waals surface area contributed by atoms with E-state index in [4.69, 9.17) is 5.21 Å². The van der Waals surface area contributed by atoms with Gasteiger partial charge in [-0.05, 0) is 12.1 Å². The van der Waals surface area contributed by atoms with Crippen LogP contribution in [-0.2, 0) is 0 Å². The largest absolute Gasteiger partial charge is 0.288 e. The van der Waals surface area contributed by atoms with Gasteiger partial charge in [0.25, 0.3) is 5.91 Å². The van der Waals surface area contributed by atoms with Gasteiger partial charge in [0, 0.05) is 18.0 Å². The Labute approximate surface area is 69.6 Å². The average Bonchev–Trinajstić information content (AvgIpc) is 2.05. The van der Waals surface area contributed by atoms with Gasteiger partial charge in [0.1, 0.15) is 0 Å². The van der Waals surface area contributed by atoms with E-state index in [1.165, 1.54) is 30.0 Å². The maximum absolute atomic E-state index is 10.6. The topological polar surface area (TPSA) is 62.2 Å². The molecule has 0 fully saturated rings. The number of nitrogens with one attached hydrogen (secondary N) is 1. The summed E-state index contributed by atoms with van der Waals surface area (Å²) in [4.78, 5) is 14.3. The smallest absolute Gasteiger partial charge is 0.274 e. The van der Waals surface area contributed by atoms with Gasteiger partial charge in [-0.1, -0.05) is 0 Å². The number of amides is 1. The average molecular weight is 175 g/mol. The fourth-order valence-corrected chi connectivity index (χ4v) is 0.568. The first kappa shape index (κ1) is 9.87. The van der Waals surface area contributed by atoms with Crippen molar-refractivity contribution in [3.8, 4) is 0 Å². The molecule has 0 bridgehead atoms. The van der Waals surface area contributed by atoms with Crippen molar-refractivity contribution in [3.63, 3.8) is 0 Å². The number of hydrogen-bond acceptors (Lipinski definition) is 3. The van der Waals surface area contributed by atoms with Gasteiger partial charge in [-0.25, -0.2) is 5.48 Å². The van der Waals surface area contributed by atoms with Crippen LogP contribution in [0.4, 0.5) is 0 Å². The second-order valence-electron chi connectivity index (χ2n) is 1.68. The number of pyridine rings is 1. The molecule has 60 valence electrons. The van der Waals surface area contributed by atoms with E-state index in [-0.39, 0.29) is 12.4 Å². The molecule has 0 saturated carbocycles. The van der Waals surface area contributed by atoms with E-state index >= 15 is 0 Å². The van der Waals surface area contributed by atoms with Crippen LogP contribution >= 0.6 is 12.4 Å². The predicted molar refractivity (Wildman–Crippen MR) is 40.7 cm³/mol. The Morgan fingerprint density at radius 2 is 2.00 bits per heavy atom. The lowest BCUT2D eigenvalue weighted by molar-refractivity contribution is 0.0706. The number of halogens is 1. The van der Waals surface area contributed by atoms with Crippen LogP contribution in [0.3, 0.4) is 0 Å². The standard InChI is InChI=1S/C6H6N2O2.ClH/c9-6(8-10)5-1-3-7-4-2-5;/h1-4,10H,(H,8,9);1H. The Bertz CT molecular complexity index is 227. The molecule has 1 heterocycles. The molecule has 0 radical (unpaired) electrons. The van der Waals surface area contributed by atoms with Crippen molar-refractivity contribution in [1.29, 1.82) is 0 Å². The highest BCUT2D eigenvalue weighted by Crippen LogP contribution is 1.93. The maximum atomic E-state index is 10.6. The fourth-order valence-electron chi connectivity index (χ4n) is 0.568. The van der Waals surface area contributed by atoms with Crippen molar-refractivity contribution < 1.29 is 10.0 Å². The molecule has 1 rings (SSSR count). The lowest BCUT2D eigenvalue weighted by Gasteiger charge is -1.94. The maximum Gasteiger partial charge on any atom is 0.274 e. The molecule has 0 spiro atoms. The number of aromatic nitrogens is 1. The molecular weight excluding hydrogens is 168 g/mol. The van der Waals surface area contributed by atoms with Gasteiger partial charge < -0.3 is 0 Å². The zero-order chi connectivity index (χ0) is 7.40. The third-order valence-electron chi connectivity index (χ3n) is 1.04. The normalized spacial score (nSPS) is 8.09. The molecule has 0 aliphatic rings. The highest BCUT2D eigenvalue weighted by atomic mass is 35.5. The van der Waals surface area contributed by atoms with E-state index in [2.05, 4.69) is 4.98 Å². The monoisotopic (exact) mass is 174 g/mol. The molecule has 0 aliphatic carbocycles. The minimum atomic E-state index is -0.526. The van der Waals surface area contributed by atoms with Crippen LogP contribution in [0.1, 0.15) is 10.4 Å². The second-order valence-corrected chi connectivity index (χ2v) is 1.68. The van der Waals surface area contributed by atoms with Gasteiger partial charge in [-0.2, -0.15) is 0 Å². The van der Waals surface area contributed by atoms with E-state index in [0.29, 0.717) is 5.56 Å². The Kier molecular flexibility index (Phi) is 4.17. The molecule has 0 aromatic carbocycles. The summed E-state index contributed by atoms with van der Waals surface area (Å²) in [5.41, 5.74) is 1.90. The highest BCUT2D eigenvalue weighted by molar-refractivity contribution is 5.93. The van der Waals surface area contributed by atoms with Crippen LogP contribution in [0.2, 0.25) is 0 Å². The molecule has 0 unspecified atom stereocenters. The van der Waals surface area contributed by atoms with Crippen LogP contribution in [0.25, 0.3) is 0 Å². The number of carbonyl (C=O) groups is 1. The summed E-state index contributed by atoms with van der Waals surface area (Å²) in [6, 6.07) is 3.01. The van der Waals surface area contributed by atoms with E-state index < -0.39 is 5.91 Å². The third kappa shape index (κ3) is 2.53. The first-order valence-corrected chi connectivity index (χ1v) is 2.69. The molecule has 0 aliphatic heterocycles. The summed E-state index contributed by atoms with van der Waals surface area (Å²) in [5, 5.41) is 8.17. The molecule has 0 saturated heterocycles. The summed E-state index contributed by atoms with van der Waals surface area (Å²) in [6.07, 6.45) is 2.95. The van der Waals surface area contributed by atoms with E-state index in [0.717, 1.165) is 0 Å². The van der Waals surface area contributed by atoms with Crippen molar-refractivity contribution in [2.75, 3.05) is 0 Å². The zero-order valence-corrected chi connectivity index (χ0v) is 6.34. The number of nitrogens with zero attached hydrogens (tertiary/aromatic N) is 1. The molecular formula is C6H7ClN2O2. The van der Waals surface area contributed by atoms with Gasteiger partial charge >= 0.3 is 0 Å². The van der Waals surface area contributed by atoms with Gasteiger partial charge in [0.05, 0.1) is 0 Å². The molecule has 5 heteroatoms. The van der Waals surface area contributed by atoms with E-state index in [1.807, 2.05) is 0 Å². The highest BCUT2D eigenvalue weighted by Gasteiger charge is 1.99. The van der Waals surface area contributed by atoms with Crippen LogP contribution < -0.4 is 5.48 Å². The fraction of sp³-hybridized carbons (Fsp3) is 0. The first-order valence-electron chi connectivity index (χ1n) is 2.69. The molecule has 2 N–H and O–H groups in total. The Morgan fingerprint density at radius 3 is 2.45 bits per heavy atom. The van der Waals surface area contributed by atoms with Crippen LogP contribution in [0, 0.1) is 0 Å². The lowest BCUT2D eigenvalue weighted by Crippen LogP contribution is -2.18. The number of hydrogen-bond donors (Lipinski definition) is 2. The molecule has 1 aromatic heterocycles. The number of rotatable bonds is 1. The van der Waals surface area contributed by atoms with Crippen molar-refractivity contribution in [2.45, 2.75) is 0 Å². The summed E-state index contributed by atoms with van der Waals surface area (Å²) in [7, 11) is 0. The van der Waals surface area contributed by atoms with Gasteiger partial charge in [-0.3, -0.25) is 15.0 Å². The van der Waals surface area contributed by atoms with Crippen molar-refractivity contribution in [2.24, 2.45) is 0 Å². The third-order valence-corrected chi connectivity index (χ3v) is 1.04. The predicted octanol–water partition coefficient (Wildman–Crippen LogP) is 0.622. The van der Waals surface area contributed by atoms with E-state index in [9.17, 15) is 4.79 Å². The summed E-state index contributed by atoms with van der Waals surface area (Å²) < 4.78 is 0. The van der Waals surface area contributed by atoms with Gasteiger partial charge in [-0.15, -0.1) is 12.4 Å². The molecule has 4 nitrogen and oxygen atoms in total. The van der Waals surface area contributed by atoms with Crippen molar-refractivity contribution in [3.05, 3.63) is 30.1 Å². The van der Waals surface area contributed by atoms with Crippen molar-refractivity contribution >= 4 is 18.3 Å². The summed E-state index contributed by atoms with van der Waals surface area (Å²) >= 11 is 0. The Morgan fingerprint density at radius 1 is 1.45 bits per heavy atom. The molecule has 1 amide bonds. The molecule has 11 heavy (non-hydrogen) atoms. The van der Waals surface area contributed by atoms with Gasteiger partial charge in [0.2, 0.25) is 0 Å². The number of carbonyl (C=O) groups excluding carboxylic acids is 1. The quantitative estimate of drug-likeness (QED) is 0.485. The van der Waals surface area contributed by atoms with Crippen LogP contribution in [0.15, 0.2) is 24.5 Å². The van der Waals surface area contributed by atoms with Crippen LogP contribution in [-0.4, -0.2) is 16.1 Å². The van der Waals surface area contributed by atoms with Crippen LogP contribution in [0.5, 0.6) is 0 Å². The molecule has 0 atom stereocenters. The minimum Gasteiger partial charge on any atom is -0.288 e. The lowest BCUT2D eigenvalue weighted by atomic mass is 10.3. The zero-order valence-electron chi connectivity index (χ0n) is 5.52. The number of hydroxylamine groups is 1. The Hall–Kier alpha value is -1.13. The van der Waals surface area contributed by atoms with E-state index in [1.54, 1.807) is 0 Å². The minimum absolute atomic E-state index is 0. The Balaban J connectivity index is 0.000001000. The molecule has 1 aromatic rings. The first-order chi connectivity index (χ1) is 4.84. The summed E-state index contributed by atoms with van der Waals surface area (Å²) in [6.45, 7) is 0. The summed E-state index contributed by atoms with van der Waals surface area (Å²) in [5.74, 6) is -0.526.